The van der Waals surface area contributed by atoms with Crippen LogP contribution in [0.4, 0.5) is 0 Å². The van der Waals surface area contributed by atoms with Crippen molar-refractivity contribution in [1.29, 1.82) is 0 Å². The van der Waals surface area contributed by atoms with Gasteiger partial charge in [-0.05, 0) is 62.5 Å². The maximum absolute atomic E-state index is 12.3. The van der Waals surface area contributed by atoms with Crippen molar-refractivity contribution in [1.82, 2.24) is 4.90 Å². The molecule has 0 spiro atoms. The molecule has 1 aliphatic rings. The fourth-order valence-electron chi connectivity index (χ4n) is 4.77. The van der Waals surface area contributed by atoms with E-state index in [4.69, 9.17) is 4.74 Å². The van der Waals surface area contributed by atoms with E-state index in [1.807, 2.05) is 19.1 Å². The minimum absolute atomic E-state index is 0.0429. The van der Waals surface area contributed by atoms with Gasteiger partial charge in [0.1, 0.15) is 5.75 Å². The third-order valence-corrected chi connectivity index (χ3v) is 6.49. The molecule has 0 bridgehead atoms. The van der Waals surface area contributed by atoms with E-state index in [-0.39, 0.29) is 5.92 Å². The van der Waals surface area contributed by atoms with Gasteiger partial charge in [0.05, 0.1) is 12.2 Å². The highest BCUT2D eigenvalue weighted by Crippen LogP contribution is 2.42. The number of likely N-dealkylation sites (tertiary alicyclic amines) is 1. The van der Waals surface area contributed by atoms with Gasteiger partial charge in [-0.25, -0.2) is 0 Å². The molecule has 0 aromatic heterocycles. The van der Waals surface area contributed by atoms with Crippen LogP contribution in [0.5, 0.6) is 5.75 Å². The number of hydrogen-bond donors (Lipinski definition) is 1. The van der Waals surface area contributed by atoms with Gasteiger partial charge >= 0.3 is 0 Å². The molecular formula is C27H39NO2. The molecule has 3 nitrogen and oxygen atoms in total. The zero-order valence-electron chi connectivity index (χ0n) is 18.9. The summed E-state index contributed by atoms with van der Waals surface area (Å²) >= 11 is 0. The molecule has 1 aliphatic heterocycles. The van der Waals surface area contributed by atoms with Crippen molar-refractivity contribution in [3.63, 3.8) is 0 Å². The Bertz CT molecular complexity index is 722. The van der Waals surface area contributed by atoms with Crippen LogP contribution in [-0.4, -0.2) is 36.2 Å². The lowest BCUT2D eigenvalue weighted by Crippen LogP contribution is -2.41. The molecule has 1 fully saturated rings. The zero-order chi connectivity index (χ0) is 21.2. The van der Waals surface area contributed by atoms with Crippen molar-refractivity contribution >= 4 is 0 Å². The summed E-state index contributed by atoms with van der Waals surface area (Å²) in [5.41, 5.74) is 1.34. The molecule has 2 aromatic rings. The molecular weight excluding hydrogens is 370 g/mol. The summed E-state index contributed by atoms with van der Waals surface area (Å²) < 4.78 is 5.65. The summed E-state index contributed by atoms with van der Waals surface area (Å²) in [6, 6.07) is 18.8. The van der Waals surface area contributed by atoms with Gasteiger partial charge in [-0.15, -0.1) is 0 Å². The minimum atomic E-state index is -0.894. The van der Waals surface area contributed by atoms with E-state index < -0.39 is 5.60 Å². The number of ether oxygens (including phenoxy) is 1. The number of unbranched alkanes of at least 4 members (excludes halogenated alkanes) is 1. The summed E-state index contributed by atoms with van der Waals surface area (Å²) in [5.74, 6) is 0.907. The Morgan fingerprint density at radius 3 is 2.20 bits per heavy atom. The van der Waals surface area contributed by atoms with E-state index in [1.165, 1.54) is 31.2 Å². The van der Waals surface area contributed by atoms with Crippen molar-refractivity contribution < 1.29 is 9.84 Å². The molecule has 0 radical (unpaired) electrons. The number of rotatable bonds is 10. The number of benzene rings is 2. The second-order valence-electron chi connectivity index (χ2n) is 8.66. The Hall–Kier alpha value is -1.84. The molecule has 0 amide bonds. The fraction of sp³-hybridized carbons (Fsp3) is 0.556. The summed E-state index contributed by atoms with van der Waals surface area (Å²) in [7, 11) is 0. The second-order valence-corrected chi connectivity index (χ2v) is 8.66. The van der Waals surface area contributed by atoms with Gasteiger partial charge in [0.15, 0.2) is 0 Å². The van der Waals surface area contributed by atoms with E-state index >= 15 is 0 Å². The molecule has 2 aromatic carbocycles. The average Bonchev–Trinajstić information content (AvgIpc) is 3.06. The van der Waals surface area contributed by atoms with Crippen LogP contribution in [0.15, 0.2) is 54.6 Å². The van der Waals surface area contributed by atoms with E-state index in [2.05, 4.69) is 54.3 Å². The van der Waals surface area contributed by atoms with Crippen LogP contribution in [0, 0.1) is 0 Å². The Morgan fingerprint density at radius 1 is 0.933 bits per heavy atom. The lowest BCUT2D eigenvalue weighted by molar-refractivity contribution is -0.0146. The largest absolute Gasteiger partial charge is 0.494 e. The smallest absolute Gasteiger partial charge is 0.119 e. The molecule has 1 N–H and O–H groups in total. The molecule has 0 saturated carbocycles. The first-order chi connectivity index (χ1) is 14.7. The first kappa shape index (κ1) is 22.8. The van der Waals surface area contributed by atoms with Gasteiger partial charge in [-0.1, -0.05) is 75.1 Å². The van der Waals surface area contributed by atoms with E-state index in [0.717, 1.165) is 50.2 Å². The van der Waals surface area contributed by atoms with E-state index in [9.17, 15) is 5.11 Å². The van der Waals surface area contributed by atoms with Gasteiger partial charge < -0.3 is 14.7 Å². The Morgan fingerprint density at radius 2 is 1.60 bits per heavy atom. The number of nitrogens with zero attached hydrogens (tertiary/aromatic N) is 1. The Balaban J connectivity index is 1.97. The lowest BCUT2D eigenvalue weighted by atomic mass is 9.74. The summed E-state index contributed by atoms with van der Waals surface area (Å²) in [4.78, 5) is 2.58. The highest BCUT2D eigenvalue weighted by Gasteiger charge is 2.39. The Labute approximate surface area is 183 Å². The first-order valence-corrected chi connectivity index (χ1v) is 11.9. The monoisotopic (exact) mass is 409 g/mol. The van der Waals surface area contributed by atoms with Crippen molar-refractivity contribution in [2.75, 3.05) is 26.2 Å². The molecule has 2 atom stereocenters. The number of aliphatic hydroxyl groups is 1. The maximum Gasteiger partial charge on any atom is 0.119 e. The third-order valence-electron chi connectivity index (χ3n) is 6.49. The third kappa shape index (κ3) is 5.86. The van der Waals surface area contributed by atoms with Crippen LogP contribution >= 0.6 is 0 Å². The molecule has 30 heavy (non-hydrogen) atoms. The molecule has 0 aliphatic carbocycles. The normalized spacial score (nSPS) is 18.4. The van der Waals surface area contributed by atoms with Crippen molar-refractivity contribution in [3.8, 4) is 5.75 Å². The van der Waals surface area contributed by atoms with Gasteiger partial charge in [-0.2, -0.15) is 0 Å². The number of hydrogen-bond acceptors (Lipinski definition) is 3. The first-order valence-electron chi connectivity index (χ1n) is 11.9. The van der Waals surface area contributed by atoms with Gasteiger partial charge in [0.25, 0.3) is 0 Å². The fourth-order valence-corrected chi connectivity index (χ4v) is 4.77. The second kappa shape index (κ2) is 11.5. The van der Waals surface area contributed by atoms with Crippen LogP contribution in [0.2, 0.25) is 0 Å². The predicted octanol–water partition coefficient (Wildman–Crippen LogP) is 6.12. The molecule has 1 saturated heterocycles. The average molecular weight is 410 g/mol. The topological polar surface area (TPSA) is 32.7 Å². The van der Waals surface area contributed by atoms with Crippen LogP contribution < -0.4 is 4.74 Å². The van der Waals surface area contributed by atoms with Gasteiger partial charge in [0.2, 0.25) is 0 Å². The van der Waals surface area contributed by atoms with Crippen molar-refractivity contribution in [2.45, 2.75) is 70.3 Å². The quantitative estimate of drug-likeness (QED) is 0.513. The van der Waals surface area contributed by atoms with Crippen molar-refractivity contribution in [2.24, 2.45) is 0 Å². The van der Waals surface area contributed by atoms with E-state index in [1.54, 1.807) is 0 Å². The van der Waals surface area contributed by atoms with Gasteiger partial charge in [0, 0.05) is 12.5 Å². The van der Waals surface area contributed by atoms with Crippen LogP contribution in [-0.2, 0) is 5.60 Å². The van der Waals surface area contributed by atoms with Gasteiger partial charge in [-0.3, -0.25) is 0 Å². The molecule has 3 heteroatoms. The highest BCUT2D eigenvalue weighted by atomic mass is 16.5. The standard InChI is InChI=1S/C27H39NO2/c1-3-5-19-27(29,24-15-17-25(18-16-24)30-4-2)26(23-13-9-8-10-14-23)22-28-20-11-6-7-12-21-28/h8-10,13-18,26,29H,3-7,11-12,19-22H2,1-2H3. The van der Waals surface area contributed by atoms with Crippen molar-refractivity contribution in [3.05, 3.63) is 65.7 Å². The predicted molar refractivity (Wildman–Crippen MR) is 125 cm³/mol. The lowest BCUT2D eigenvalue weighted by Gasteiger charge is -2.40. The van der Waals surface area contributed by atoms with Crippen LogP contribution in [0.3, 0.4) is 0 Å². The summed E-state index contributed by atoms with van der Waals surface area (Å²) in [5, 5.41) is 12.3. The van der Waals surface area contributed by atoms with Crippen LogP contribution in [0.1, 0.15) is 75.8 Å². The highest BCUT2D eigenvalue weighted by molar-refractivity contribution is 5.35. The molecule has 1 heterocycles. The van der Waals surface area contributed by atoms with Crippen LogP contribution in [0.25, 0.3) is 0 Å². The minimum Gasteiger partial charge on any atom is -0.494 e. The summed E-state index contributed by atoms with van der Waals surface area (Å²) in [6.45, 7) is 8.02. The molecule has 3 rings (SSSR count). The maximum atomic E-state index is 12.3. The molecule has 2 unspecified atom stereocenters. The SMILES string of the molecule is CCCCC(O)(c1ccc(OCC)cc1)C(CN1CCCCCC1)c1ccccc1. The van der Waals surface area contributed by atoms with E-state index in [0.29, 0.717) is 6.61 Å². The Kier molecular flexibility index (Phi) is 8.77. The summed E-state index contributed by atoms with van der Waals surface area (Å²) in [6.07, 6.45) is 8.02. The zero-order valence-corrected chi connectivity index (χ0v) is 18.9. The molecule has 164 valence electrons.